The third-order valence-corrected chi connectivity index (χ3v) is 5.80. The Balaban J connectivity index is 1.80. The van der Waals surface area contributed by atoms with Gasteiger partial charge in [-0.3, -0.25) is 14.4 Å². The highest BCUT2D eigenvalue weighted by Crippen LogP contribution is 2.43. The van der Waals surface area contributed by atoms with Crippen LogP contribution in [0.25, 0.3) is 0 Å². The number of amides is 2. The lowest BCUT2D eigenvalue weighted by Crippen LogP contribution is -2.50. The minimum absolute atomic E-state index is 0.0843. The zero-order chi connectivity index (χ0) is 22.0. The van der Waals surface area contributed by atoms with Crippen molar-refractivity contribution in [2.75, 3.05) is 6.54 Å². The van der Waals surface area contributed by atoms with E-state index in [0.29, 0.717) is 0 Å². The number of aliphatic hydroxyl groups excluding tert-OH is 1. The van der Waals surface area contributed by atoms with Crippen LogP contribution in [-0.2, 0) is 12.1 Å². The number of pyridine rings is 1. The van der Waals surface area contributed by atoms with Crippen LogP contribution in [0.1, 0.15) is 51.6 Å². The zero-order valence-electron chi connectivity index (χ0n) is 15.6. The lowest BCUT2D eigenvalue weighted by Gasteiger charge is -2.35. The molecule has 0 spiro atoms. The van der Waals surface area contributed by atoms with Gasteiger partial charge in [0.15, 0.2) is 11.4 Å². The van der Waals surface area contributed by atoms with Crippen LogP contribution in [0.5, 0.6) is 5.75 Å². The van der Waals surface area contributed by atoms with Crippen molar-refractivity contribution in [1.82, 2.24) is 15.2 Å². The van der Waals surface area contributed by atoms with E-state index in [1.807, 2.05) is 0 Å². The van der Waals surface area contributed by atoms with Gasteiger partial charge in [-0.2, -0.15) is 0 Å². The van der Waals surface area contributed by atoms with Crippen molar-refractivity contribution in [3.05, 3.63) is 61.5 Å². The van der Waals surface area contributed by atoms with Gasteiger partial charge in [0, 0.05) is 25.1 Å². The number of halogens is 3. The predicted octanol–water partition coefficient (Wildman–Crippen LogP) is 1.31. The van der Waals surface area contributed by atoms with E-state index in [0.717, 1.165) is 12.1 Å². The number of aromatic nitrogens is 1. The minimum atomic E-state index is -1.27. The van der Waals surface area contributed by atoms with Crippen molar-refractivity contribution in [2.24, 2.45) is 0 Å². The van der Waals surface area contributed by atoms with E-state index in [4.69, 9.17) is 11.6 Å². The Kier molecular flexibility index (Phi) is 4.59. The maximum Gasteiger partial charge on any atom is 0.272 e. The summed E-state index contributed by atoms with van der Waals surface area (Å²) in [5.41, 5.74) is -3.62. The summed E-state index contributed by atoms with van der Waals surface area (Å²) in [6.45, 7) is 1.18. The Morgan fingerprint density at radius 1 is 1.40 bits per heavy atom. The van der Waals surface area contributed by atoms with Gasteiger partial charge in [-0.25, -0.2) is 8.78 Å². The Morgan fingerprint density at radius 2 is 2.10 bits per heavy atom. The molecule has 1 aromatic carbocycles. The first-order valence-corrected chi connectivity index (χ1v) is 9.34. The number of aromatic hydroxyl groups is 1. The molecule has 2 aliphatic rings. The van der Waals surface area contributed by atoms with Gasteiger partial charge in [0.1, 0.15) is 17.2 Å². The quantitative estimate of drug-likeness (QED) is 0.537. The second-order valence-electron chi connectivity index (χ2n) is 7.53. The number of hydrogen-bond acceptors (Lipinski definition) is 5. The molecule has 1 aromatic heterocycles. The monoisotopic (exact) mass is 439 g/mol. The van der Waals surface area contributed by atoms with Gasteiger partial charge >= 0.3 is 0 Å². The van der Waals surface area contributed by atoms with Crippen LogP contribution in [0, 0.1) is 11.6 Å². The number of rotatable bonds is 3. The molecular weight excluding hydrogens is 424 g/mol. The molecule has 30 heavy (non-hydrogen) atoms. The number of carbonyl (C=O) groups is 2. The summed E-state index contributed by atoms with van der Waals surface area (Å²) in [6, 6.07) is 1.95. The molecule has 8 nitrogen and oxygen atoms in total. The fourth-order valence-electron chi connectivity index (χ4n) is 4.08. The third-order valence-electron chi connectivity index (χ3n) is 5.51. The number of nitrogens with zero attached hydrogens (tertiary/aromatic N) is 1. The Labute approximate surface area is 173 Å². The standard InChI is InChI=1S/C19H16ClF2N3O5/c1-19-4-10(26)13-11(15(27)16(28)14(25(13)19)18(30)24-6-19)17(29)23-5-7-9(21)3-2-8(20)12(7)22/h2-3,10,26,28H,4-6H2,1H3,(H,23,29)(H,24,30). The molecule has 4 rings (SSSR count). The summed E-state index contributed by atoms with van der Waals surface area (Å²) in [5.74, 6) is -4.73. The van der Waals surface area contributed by atoms with E-state index in [2.05, 4.69) is 10.6 Å². The van der Waals surface area contributed by atoms with E-state index in [-0.39, 0.29) is 29.4 Å². The smallest absolute Gasteiger partial charge is 0.272 e. The lowest BCUT2D eigenvalue weighted by molar-refractivity contribution is 0.0861. The molecule has 4 N–H and O–H groups in total. The number of aliphatic hydroxyl groups is 1. The Morgan fingerprint density at radius 3 is 2.80 bits per heavy atom. The minimum Gasteiger partial charge on any atom is -0.503 e. The topological polar surface area (TPSA) is 121 Å². The van der Waals surface area contributed by atoms with Crippen LogP contribution in [0.4, 0.5) is 8.78 Å². The van der Waals surface area contributed by atoms with Crippen LogP contribution < -0.4 is 16.1 Å². The molecule has 2 atom stereocenters. The molecule has 2 unspecified atom stereocenters. The van der Waals surface area contributed by atoms with Gasteiger partial charge in [-0.05, 0) is 19.1 Å². The van der Waals surface area contributed by atoms with E-state index in [1.54, 1.807) is 6.92 Å². The summed E-state index contributed by atoms with van der Waals surface area (Å²) in [7, 11) is 0. The van der Waals surface area contributed by atoms with Crippen molar-refractivity contribution in [2.45, 2.75) is 31.5 Å². The van der Waals surface area contributed by atoms with Crippen LogP contribution in [0.3, 0.4) is 0 Å². The molecule has 0 bridgehead atoms. The SMILES string of the molecule is CC12CNC(=O)c3c(O)c(=O)c(C(=O)NCc4c(F)ccc(Cl)c4F)c(n31)C(O)C2. The van der Waals surface area contributed by atoms with Gasteiger partial charge in [0.05, 0.1) is 22.4 Å². The largest absolute Gasteiger partial charge is 0.503 e. The Bertz CT molecular complexity index is 1180. The molecule has 0 fully saturated rings. The predicted molar refractivity (Wildman–Crippen MR) is 100 cm³/mol. The van der Waals surface area contributed by atoms with Crippen molar-refractivity contribution < 1.29 is 28.6 Å². The molecule has 11 heteroatoms. The summed E-state index contributed by atoms with van der Waals surface area (Å²) in [5, 5.41) is 25.3. The van der Waals surface area contributed by atoms with Gasteiger partial charge in [-0.1, -0.05) is 11.6 Å². The highest BCUT2D eigenvalue weighted by atomic mass is 35.5. The first-order valence-electron chi connectivity index (χ1n) is 8.96. The molecule has 158 valence electrons. The molecule has 2 aromatic rings. The van der Waals surface area contributed by atoms with Crippen molar-refractivity contribution in [1.29, 1.82) is 0 Å². The van der Waals surface area contributed by atoms with Crippen LogP contribution in [0.2, 0.25) is 5.02 Å². The maximum absolute atomic E-state index is 14.1. The molecule has 2 aliphatic heterocycles. The number of nitrogens with one attached hydrogen (secondary N) is 2. The molecule has 0 saturated carbocycles. The summed E-state index contributed by atoms with van der Waals surface area (Å²) < 4.78 is 29.3. The number of hydrogen-bond donors (Lipinski definition) is 4. The van der Waals surface area contributed by atoms with Crippen molar-refractivity contribution in [3.63, 3.8) is 0 Å². The normalized spacial score (nSPS) is 21.9. The van der Waals surface area contributed by atoms with Gasteiger partial charge in [0.25, 0.3) is 11.8 Å². The second-order valence-corrected chi connectivity index (χ2v) is 7.93. The summed E-state index contributed by atoms with van der Waals surface area (Å²) in [4.78, 5) is 37.7. The van der Waals surface area contributed by atoms with E-state index < -0.39 is 63.9 Å². The maximum atomic E-state index is 14.1. The zero-order valence-corrected chi connectivity index (χ0v) is 16.3. The summed E-state index contributed by atoms with van der Waals surface area (Å²) >= 11 is 5.63. The number of carbonyl (C=O) groups excluding carboxylic acids is 2. The molecule has 2 amide bonds. The molecule has 0 saturated heterocycles. The molecule has 0 radical (unpaired) electrons. The average molecular weight is 440 g/mol. The molecule has 0 aliphatic carbocycles. The fourth-order valence-corrected chi connectivity index (χ4v) is 4.26. The van der Waals surface area contributed by atoms with Gasteiger partial charge in [0.2, 0.25) is 5.43 Å². The van der Waals surface area contributed by atoms with Crippen LogP contribution in [0.15, 0.2) is 16.9 Å². The first-order chi connectivity index (χ1) is 14.1. The average Bonchev–Trinajstić information content (AvgIpc) is 2.95. The first kappa shape index (κ1) is 20.3. The van der Waals surface area contributed by atoms with E-state index in [1.165, 1.54) is 4.57 Å². The van der Waals surface area contributed by atoms with Gasteiger partial charge in [-0.15, -0.1) is 0 Å². The van der Waals surface area contributed by atoms with Crippen molar-refractivity contribution in [3.8, 4) is 5.75 Å². The summed E-state index contributed by atoms with van der Waals surface area (Å²) in [6.07, 6.45) is -1.18. The van der Waals surface area contributed by atoms with Crippen molar-refractivity contribution >= 4 is 23.4 Å². The van der Waals surface area contributed by atoms with Crippen LogP contribution in [-0.4, -0.2) is 33.1 Å². The van der Waals surface area contributed by atoms with E-state index >= 15 is 0 Å². The fraction of sp³-hybridized carbons (Fsp3) is 0.316. The molecular formula is C19H16ClF2N3O5. The second kappa shape index (κ2) is 6.78. The highest BCUT2D eigenvalue weighted by Gasteiger charge is 2.48. The Hall–Kier alpha value is -2.98. The number of benzene rings is 1. The molecule has 3 heterocycles. The van der Waals surface area contributed by atoms with Crippen LogP contribution >= 0.6 is 11.6 Å². The van der Waals surface area contributed by atoms with E-state index in [9.17, 15) is 33.4 Å². The third kappa shape index (κ3) is 2.78. The highest BCUT2D eigenvalue weighted by molar-refractivity contribution is 6.30. The lowest BCUT2D eigenvalue weighted by atomic mass is 9.96. The van der Waals surface area contributed by atoms with Gasteiger partial charge < -0.3 is 25.4 Å².